The summed E-state index contributed by atoms with van der Waals surface area (Å²) < 4.78 is 4.62. The van der Waals surface area contributed by atoms with Crippen molar-refractivity contribution >= 4 is 34.8 Å². The van der Waals surface area contributed by atoms with Crippen LogP contribution in [0.2, 0.25) is 5.02 Å². The lowest BCUT2D eigenvalue weighted by atomic mass is 10.2. The Morgan fingerprint density at radius 1 is 1.37 bits per heavy atom. The number of methoxy groups -OCH3 is 1. The fourth-order valence-electron chi connectivity index (χ4n) is 1.50. The number of nitrogen functional groups attached to an aromatic ring is 1. The topological polar surface area (TPSA) is 77.2 Å². The summed E-state index contributed by atoms with van der Waals surface area (Å²) in [4.78, 5) is 15.4. The van der Waals surface area contributed by atoms with Gasteiger partial charge in [-0.3, -0.25) is 0 Å². The molecule has 2 aromatic rings. The van der Waals surface area contributed by atoms with Crippen LogP contribution in [-0.2, 0) is 4.74 Å². The van der Waals surface area contributed by atoms with Gasteiger partial charge in [-0.15, -0.1) is 0 Å². The van der Waals surface area contributed by atoms with E-state index in [4.69, 9.17) is 17.3 Å². The molecule has 0 atom stereocenters. The molecule has 2 rings (SSSR count). The molecule has 0 aliphatic heterocycles. The first kappa shape index (κ1) is 13.2. The lowest BCUT2D eigenvalue weighted by molar-refractivity contribution is 0.0601. The van der Waals surface area contributed by atoms with Crippen LogP contribution in [0.3, 0.4) is 0 Å². The number of carbonyl (C=O) groups excluding carboxylic acids is 1. The number of nitrogens with two attached hydrogens (primary N) is 1. The summed E-state index contributed by atoms with van der Waals surface area (Å²) in [5.74, 6) is 0.130. The van der Waals surface area contributed by atoms with Gasteiger partial charge in [0.1, 0.15) is 0 Å². The van der Waals surface area contributed by atoms with E-state index in [-0.39, 0.29) is 5.97 Å². The third-order valence-corrected chi connectivity index (χ3v) is 2.66. The Morgan fingerprint density at radius 3 is 2.63 bits per heavy atom. The SMILES string of the molecule is COC(=O)c1ccc(Nc2ncc(Cl)cc2N)cc1. The minimum atomic E-state index is -0.379. The van der Waals surface area contributed by atoms with Crippen LogP contribution in [0.15, 0.2) is 36.5 Å². The lowest BCUT2D eigenvalue weighted by Crippen LogP contribution is -2.02. The van der Waals surface area contributed by atoms with Crippen LogP contribution < -0.4 is 11.1 Å². The van der Waals surface area contributed by atoms with Crippen LogP contribution in [0.4, 0.5) is 17.2 Å². The number of pyridine rings is 1. The molecule has 0 saturated carbocycles. The van der Waals surface area contributed by atoms with Crippen LogP contribution in [0, 0.1) is 0 Å². The molecule has 0 aliphatic rings. The van der Waals surface area contributed by atoms with Crippen molar-refractivity contribution < 1.29 is 9.53 Å². The number of nitrogens with one attached hydrogen (secondary N) is 1. The number of esters is 1. The molecule has 3 N–H and O–H groups in total. The van der Waals surface area contributed by atoms with Crippen molar-refractivity contribution in [2.75, 3.05) is 18.2 Å². The standard InChI is InChI=1S/C13H12ClN3O2/c1-19-13(18)8-2-4-10(5-3-8)17-12-11(15)6-9(14)7-16-12/h2-7H,15H2,1H3,(H,16,17). The summed E-state index contributed by atoms with van der Waals surface area (Å²) in [7, 11) is 1.34. The highest BCUT2D eigenvalue weighted by molar-refractivity contribution is 6.30. The average Bonchev–Trinajstić information content (AvgIpc) is 2.42. The molecule has 1 aromatic heterocycles. The molecule has 0 radical (unpaired) electrons. The molecular formula is C13H12ClN3O2. The van der Waals surface area contributed by atoms with Crippen molar-refractivity contribution in [1.29, 1.82) is 0 Å². The summed E-state index contributed by atoms with van der Waals surface area (Å²) in [5.41, 5.74) is 7.47. The number of rotatable bonds is 3. The van der Waals surface area contributed by atoms with E-state index in [0.717, 1.165) is 5.69 Å². The van der Waals surface area contributed by atoms with Crippen molar-refractivity contribution in [2.24, 2.45) is 0 Å². The average molecular weight is 278 g/mol. The van der Waals surface area contributed by atoms with Crippen molar-refractivity contribution in [2.45, 2.75) is 0 Å². The fourth-order valence-corrected chi connectivity index (χ4v) is 1.67. The highest BCUT2D eigenvalue weighted by Gasteiger charge is 2.06. The maximum atomic E-state index is 11.3. The zero-order chi connectivity index (χ0) is 13.8. The molecule has 0 spiro atoms. The van der Waals surface area contributed by atoms with E-state index in [1.54, 1.807) is 30.3 Å². The molecule has 19 heavy (non-hydrogen) atoms. The molecule has 5 nitrogen and oxygen atoms in total. The van der Waals surface area contributed by atoms with Gasteiger partial charge in [0.15, 0.2) is 5.82 Å². The number of aromatic nitrogens is 1. The zero-order valence-corrected chi connectivity index (χ0v) is 10.9. The number of anilines is 3. The van der Waals surface area contributed by atoms with Crippen LogP contribution in [-0.4, -0.2) is 18.1 Å². The molecule has 1 aromatic carbocycles. The normalized spacial score (nSPS) is 10.0. The van der Waals surface area contributed by atoms with Crippen molar-refractivity contribution in [3.63, 3.8) is 0 Å². The van der Waals surface area contributed by atoms with Crippen LogP contribution in [0.1, 0.15) is 10.4 Å². The summed E-state index contributed by atoms with van der Waals surface area (Å²) in [6.07, 6.45) is 1.50. The molecular weight excluding hydrogens is 266 g/mol. The van der Waals surface area contributed by atoms with Crippen molar-refractivity contribution in [3.8, 4) is 0 Å². The van der Waals surface area contributed by atoms with Gasteiger partial charge in [-0.25, -0.2) is 9.78 Å². The second kappa shape index (κ2) is 5.58. The second-order valence-electron chi connectivity index (χ2n) is 3.79. The molecule has 1 heterocycles. The number of benzene rings is 1. The Labute approximate surface area is 115 Å². The third-order valence-electron chi connectivity index (χ3n) is 2.45. The highest BCUT2D eigenvalue weighted by Crippen LogP contribution is 2.23. The summed E-state index contributed by atoms with van der Waals surface area (Å²) >= 11 is 5.77. The van der Waals surface area contributed by atoms with Crippen LogP contribution in [0.5, 0.6) is 0 Å². The van der Waals surface area contributed by atoms with Gasteiger partial charge in [0, 0.05) is 11.9 Å². The molecule has 6 heteroatoms. The third kappa shape index (κ3) is 3.14. The number of hydrogen-bond donors (Lipinski definition) is 2. The predicted octanol–water partition coefficient (Wildman–Crippen LogP) is 2.85. The second-order valence-corrected chi connectivity index (χ2v) is 4.22. The first-order valence-corrected chi connectivity index (χ1v) is 5.84. The number of ether oxygens (including phenoxy) is 1. The first-order valence-electron chi connectivity index (χ1n) is 5.46. The predicted molar refractivity (Wildman–Crippen MR) is 74.7 cm³/mol. The zero-order valence-electron chi connectivity index (χ0n) is 10.2. The van der Waals surface area contributed by atoms with Gasteiger partial charge in [0.25, 0.3) is 0 Å². The number of hydrogen-bond acceptors (Lipinski definition) is 5. The van der Waals surface area contributed by atoms with Gasteiger partial charge in [0.05, 0.1) is 23.4 Å². The molecule has 0 unspecified atom stereocenters. The molecule has 0 bridgehead atoms. The van der Waals surface area contributed by atoms with Gasteiger partial charge in [-0.05, 0) is 30.3 Å². The fraction of sp³-hybridized carbons (Fsp3) is 0.0769. The molecule has 0 aliphatic carbocycles. The lowest BCUT2D eigenvalue weighted by Gasteiger charge is -2.08. The monoisotopic (exact) mass is 277 g/mol. The smallest absolute Gasteiger partial charge is 0.337 e. The van der Waals surface area contributed by atoms with Crippen molar-refractivity contribution in [3.05, 3.63) is 47.1 Å². The molecule has 0 fully saturated rings. The Morgan fingerprint density at radius 2 is 2.05 bits per heavy atom. The van der Waals surface area contributed by atoms with E-state index in [1.807, 2.05) is 0 Å². The van der Waals surface area contributed by atoms with Crippen LogP contribution in [0.25, 0.3) is 0 Å². The number of halogens is 1. The maximum absolute atomic E-state index is 11.3. The highest BCUT2D eigenvalue weighted by atomic mass is 35.5. The Balaban J connectivity index is 2.17. The van der Waals surface area contributed by atoms with E-state index in [1.165, 1.54) is 13.3 Å². The van der Waals surface area contributed by atoms with Gasteiger partial charge >= 0.3 is 5.97 Å². The molecule has 0 amide bonds. The van der Waals surface area contributed by atoms with E-state index in [0.29, 0.717) is 22.1 Å². The Hall–Kier alpha value is -2.27. The largest absolute Gasteiger partial charge is 0.465 e. The minimum Gasteiger partial charge on any atom is -0.465 e. The maximum Gasteiger partial charge on any atom is 0.337 e. The Bertz CT molecular complexity index is 599. The van der Waals surface area contributed by atoms with E-state index in [9.17, 15) is 4.79 Å². The summed E-state index contributed by atoms with van der Waals surface area (Å²) in [6.45, 7) is 0. The van der Waals surface area contributed by atoms with Gasteiger partial charge in [-0.1, -0.05) is 11.6 Å². The summed E-state index contributed by atoms with van der Waals surface area (Å²) in [5, 5.41) is 3.51. The Kier molecular flexibility index (Phi) is 3.87. The first-order chi connectivity index (χ1) is 9.10. The van der Waals surface area contributed by atoms with E-state index >= 15 is 0 Å². The van der Waals surface area contributed by atoms with Gasteiger partial charge in [0.2, 0.25) is 0 Å². The van der Waals surface area contributed by atoms with Gasteiger partial charge in [-0.2, -0.15) is 0 Å². The molecule has 98 valence electrons. The van der Waals surface area contributed by atoms with E-state index < -0.39 is 0 Å². The minimum absolute atomic E-state index is 0.379. The molecule has 0 saturated heterocycles. The number of nitrogens with zero attached hydrogens (tertiary/aromatic N) is 1. The quantitative estimate of drug-likeness (QED) is 0.844. The van der Waals surface area contributed by atoms with Gasteiger partial charge < -0.3 is 15.8 Å². The van der Waals surface area contributed by atoms with Crippen molar-refractivity contribution in [1.82, 2.24) is 4.98 Å². The number of carbonyl (C=O) groups is 1. The van der Waals surface area contributed by atoms with Crippen LogP contribution >= 0.6 is 11.6 Å². The summed E-state index contributed by atoms with van der Waals surface area (Å²) in [6, 6.07) is 8.39. The van der Waals surface area contributed by atoms with E-state index in [2.05, 4.69) is 15.0 Å².